The van der Waals surface area contributed by atoms with E-state index in [0.29, 0.717) is 19.0 Å². The number of nitrogens with zero attached hydrogens (tertiary/aromatic N) is 1. The zero-order valence-corrected chi connectivity index (χ0v) is 10.5. The molecule has 0 radical (unpaired) electrons. The highest BCUT2D eigenvalue weighted by Gasteiger charge is 2.26. The van der Waals surface area contributed by atoms with Crippen LogP contribution in [0, 0.1) is 5.92 Å². The van der Waals surface area contributed by atoms with Crippen LogP contribution in [0.4, 0.5) is 0 Å². The molecular weight excluding hydrogens is 212 g/mol. The van der Waals surface area contributed by atoms with Gasteiger partial charge in [-0.15, -0.1) is 0 Å². The van der Waals surface area contributed by atoms with Crippen LogP contribution < -0.4 is 5.32 Å². The fraction of sp³-hybridized carbons (Fsp3) is 1.00. The van der Waals surface area contributed by atoms with E-state index in [9.17, 15) is 8.42 Å². The van der Waals surface area contributed by atoms with Gasteiger partial charge in [-0.1, -0.05) is 6.92 Å². The van der Waals surface area contributed by atoms with Crippen molar-refractivity contribution in [2.45, 2.75) is 26.7 Å². The highest BCUT2D eigenvalue weighted by Crippen LogP contribution is 2.18. The number of rotatable bonds is 5. The van der Waals surface area contributed by atoms with E-state index in [1.807, 2.05) is 0 Å². The fourth-order valence-corrected chi connectivity index (χ4v) is 3.05. The monoisotopic (exact) mass is 234 g/mol. The van der Waals surface area contributed by atoms with Gasteiger partial charge in [-0.3, -0.25) is 0 Å². The normalized spacial score (nSPS) is 20.7. The summed E-state index contributed by atoms with van der Waals surface area (Å²) in [6.45, 7) is 7.22. The Kier molecular flexibility index (Phi) is 5.02. The molecule has 1 rings (SSSR count). The van der Waals surface area contributed by atoms with Gasteiger partial charge in [-0.05, 0) is 38.8 Å². The maximum atomic E-state index is 11.6. The van der Waals surface area contributed by atoms with Crippen molar-refractivity contribution >= 4 is 10.0 Å². The first-order valence-corrected chi connectivity index (χ1v) is 7.39. The van der Waals surface area contributed by atoms with Crippen molar-refractivity contribution in [3.63, 3.8) is 0 Å². The van der Waals surface area contributed by atoms with E-state index in [0.717, 1.165) is 25.9 Å². The van der Waals surface area contributed by atoms with Gasteiger partial charge in [-0.25, -0.2) is 12.7 Å². The van der Waals surface area contributed by atoms with Crippen molar-refractivity contribution in [3.05, 3.63) is 0 Å². The molecule has 0 aromatic rings. The number of nitrogens with one attached hydrogen (secondary N) is 1. The lowest BCUT2D eigenvalue weighted by molar-refractivity contribution is 0.269. The Balaban J connectivity index is 2.36. The average Bonchev–Trinajstić information content (AvgIpc) is 2.27. The SMILES string of the molecule is CCNCC1CCN(S(=O)(=O)CC)CC1. The van der Waals surface area contributed by atoms with Gasteiger partial charge >= 0.3 is 0 Å². The maximum absolute atomic E-state index is 11.6. The van der Waals surface area contributed by atoms with E-state index in [-0.39, 0.29) is 5.75 Å². The third-order valence-corrected chi connectivity index (χ3v) is 4.90. The van der Waals surface area contributed by atoms with Crippen LogP contribution in [-0.2, 0) is 10.0 Å². The van der Waals surface area contributed by atoms with E-state index in [2.05, 4.69) is 12.2 Å². The zero-order chi connectivity index (χ0) is 11.3. The maximum Gasteiger partial charge on any atom is 0.213 e. The Morgan fingerprint density at radius 3 is 2.33 bits per heavy atom. The molecule has 0 saturated carbocycles. The van der Waals surface area contributed by atoms with E-state index in [1.54, 1.807) is 11.2 Å². The second-order valence-electron chi connectivity index (χ2n) is 4.05. The average molecular weight is 234 g/mol. The topological polar surface area (TPSA) is 49.4 Å². The molecule has 15 heavy (non-hydrogen) atoms. The molecule has 90 valence electrons. The Hall–Kier alpha value is -0.130. The van der Waals surface area contributed by atoms with Crippen LogP contribution in [-0.4, -0.2) is 44.7 Å². The summed E-state index contributed by atoms with van der Waals surface area (Å²) < 4.78 is 24.8. The molecule has 4 nitrogen and oxygen atoms in total. The number of hydrogen-bond donors (Lipinski definition) is 1. The molecule has 1 saturated heterocycles. The molecule has 0 amide bonds. The molecule has 0 unspecified atom stereocenters. The van der Waals surface area contributed by atoms with Crippen molar-refractivity contribution in [3.8, 4) is 0 Å². The van der Waals surface area contributed by atoms with Crippen molar-refractivity contribution in [2.24, 2.45) is 5.92 Å². The second-order valence-corrected chi connectivity index (χ2v) is 6.31. The van der Waals surface area contributed by atoms with Crippen LogP contribution in [0.3, 0.4) is 0 Å². The van der Waals surface area contributed by atoms with Gasteiger partial charge in [0.05, 0.1) is 5.75 Å². The first kappa shape index (κ1) is 12.9. The fourth-order valence-electron chi connectivity index (χ4n) is 1.92. The predicted molar refractivity (Wildman–Crippen MR) is 62.3 cm³/mol. The number of hydrogen-bond acceptors (Lipinski definition) is 3. The highest BCUT2D eigenvalue weighted by molar-refractivity contribution is 7.89. The molecule has 1 N–H and O–H groups in total. The number of piperidine rings is 1. The van der Waals surface area contributed by atoms with Gasteiger partial charge in [0.1, 0.15) is 0 Å². The summed E-state index contributed by atoms with van der Waals surface area (Å²) in [5.74, 6) is 0.874. The van der Waals surface area contributed by atoms with Crippen molar-refractivity contribution < 1.29 is 8.42 Å². The summed E-state index contributed by atoms with van der Waals surface area (Å²) in [4.78, 5) is 0. The Labute approximate surface area is 93.1 Å². The first-order chi connectivity index (χ1) is 7.10. The van der Waals surface area contributed by atoms with Crippen LogP contribution in [0.1, 0.15) is 26.7 Å². The smallest absolute Gasteiger partial charge is 0.213 e. The molecule has 0 aliphatic carbocycles. The minimum atomic E-state index is -2.95. The molecule has 0 atom stereocenters. The van der Waals surface area contributed by atoms with E-state index in [4.69, 9.17) is 0 Å². The summed E-state index contributed by atoms with van der Waals surface area (Å²) in [6, 6.07) is 0. The van der Waals surface area contributed by atoms with E-state index < -0.39 is 10.0 Å². The predicted octanol–water partition coefficient (Wildman–Crippen LogP) is 0.658. The Bertz CT molecular complexity index is 269. The molecule has 1 aliphatic rings. The molecule has 0 spiro atoms. The van der Waals surface area contributed by atoms with Crippen LogP contribution in [0.25, 0.3) is 0 Å². The van der Waals surface area contributed by atoms with Gasteiger partial charge in [0, 0.05) is 13.1 Å². The third-order valence-electron chi connectivity index (χ3n) is 3.01. The Morgan fingerprint density at radius 1 is 1.27 bits per heavy atom. The minimum absolute atomic E-state index is 0.227. The Morgan fingerprint density at radius 2 is 1.87 bits per heavy atom. The van der Waals surface area contributed by atoms with E-state index >= 15 is 0 Å². The highest BCUT2D eigenvalue weighted by atomic mass is 32.2. The third kappa shape index (κ3) is 3.74. The van der Waals surface area contributed by atoms with Crippen LogP contribution in [0.5, 0.6) is 0 Å². The van der Waals surface area contributed by atoms with Crippen molar-refractivity contribution in [2.75, 3.05) is 31.9 Å². The van der Waals surface area contributed by atoms with Gasteiger partial charge in [-0.2, -0.15) is 0 Å². The lowest BCUT2D eigenvalue weighted by atomic mass is 9.98. The first-order valence-electron chi connectivity index (χ1n) is 5.78. The van der Waals surface area contributed by atoms with Crippen LogP contribution >= 0.6 is 0 Å². The summed E-state index contributed by atoms with van der Waals surface area (Å²) in [6.07, 6.45) is 1.98. The van der Waals surface area contributed by atoms with E-state index in [1.165, 1.54) is 0 Å². The van der Waals surface area contributed by atoms with Crippen molar-refractivity contribution in [1.82, 2.24) is 9.62 Å². The molecule has 5 heteroatoms. The quantitative estimate of drug-likeness (QED) is 0.760. The lowest BCUT2D eigenvalue weighted by Gasteiger charge is -2.30. The van der Waals surface area contributed by atoms with Gasteiger partial charge in [0.2, 0.25) is 10.0 Å². The largest absolute Gasteiger partial charge is 0.317 e. The summed E-state index contributed by atoms with van der Waals surface area (Å²) >= 11 is 0. The van der Waals surface area contributed by atoms with Gasteiger partial charge < -0.3 is 5.32 Å². The van der Waals surface area contributed by atoms with Crippen LogP contribution in [0.15, 0.2) is 0 Å². The standard InChI is InChI=1S/C10H22N2O2S/c1-3-11-9-10-5-7-12(8-6-10)15(13,14)4-2/h10-11H,3-9H2,1-2H3. The summed E-state index contributed by atoms with van der Waals surface area (Å²) in [7, 11) is -2.95. The number of sulfonamides is 1. The molecule has 1 heterocycles. The summed E-state index contributed by atoms with van der Waals surface area (Å²) in [5, 5.41) is 3.32. The second kappa shape index (κ2) is 5.82. The van der Waals surface area contributed by atoms with Gasteiger partial charge in [0.15, 0.2) is 0 Å². The molecule has 0 aromatic heterocycles. The van der Waals surface area contributed by atoms with Crippen LogP contribution in [0.2, 0.25) is 0 Å². The summed E-state index contributed by atoms with van der Waals surface area (Å²) in [5.41, 5.74) is 0. The minimum Gasteiger partial charge on any atom is -0.317 e. The molecule has 1 aliphatic heterocycles. The zero-order valence-electron chi connectivity index (χ0n) is 9.70. The van der Waals surface area contributed by atoms with Gasteiger partial charge in [0.25, 0.3) is 0 Å². The van der Waals surface area contributed by atoms with Crippen molar-refractivity contribution in [1.29, 1.82) is 0 Å². The molecular formula is C10H22N2O2S. The molecule has 0 bridgehead atoms. The lowest BCUT2D eigenvalue weighted by Crippen LogP contribution is -2.41. The molecule has 1 fully saturated rings. The molecule has 0 aromatic carbocycles.